The molecule has 0 unspecified atom stereocenters. The van der Waals surface area contributed by atoms with Crippen molar-refractivity contribution >= 4 is 5.91 Å². The fraction of sp³-hybridized carbons (Fsp3) is 0.538. The number of carbonyl (C=O) groups excluding carboxylic acids is 1. The van der Waals surface area contributed by atoms with Crippen molar-refractivity contribution in [3.05, 3.63) is 23.5 Å². The molecule has 2 rings (SSSR count). The third kappa shape index (κ3) is 3.56. The summed E-state index contributed by atoms with van der Waals surface area (Å²) in [6.07, 6.45) is 1.65. The van der Waals surface area contributed by atoms with E-state index in [1.807, 2.05) is 6.07 Å². The SMILES string of the molecule is Cn1cc(C#N)cc1C(=O)NCCN1CCOCC1. The normalized spacial score (nSPS) is 16.0. The molecule has 1 aliphatic heterocycles. The number of nitrogens with zero attached hydrogens (tertiary/aromatic N) is 3. The van der Waals surface area contributed by atoms with E-state index in [0.717, 1.165) is 32.8 Å². The third-order valence-electron chi connectivity index (χ3n) is 3.18. The van der Waals surface area contributed by atoms with Crippen LogP contribution in [0.2, 0.25) is 0 Å². The molecule has 6 heteroatoms. The van der Waals surface area contributed by atoms with Crippen molar-refractivity contribution in [3.63, 3.8) is 0 Å². The summed E-state index contributed by atoms with van der Waals surface area (Å²) in [5.74, 6) is -0.141. The number of aryl methyl sites for hydroxylation is 1. The first kappa shape index (κ1) is 13.6. The predicted octanol–water partition coefficient (Wildman–Crippen LogP) is -0.0412. The van der Waals surface area contributed by atoms with Gasteiger partial charge in [-0.2, -0.15) is 5.26 Å². The molecule has 0 atom stereocenters. The highest BCUT2D eigenvalue weighted by atomic mass is 16.5. The van der Waals surface area contributed by atoms with Crippen LogP contribution in [0.15, 0.2) is 12.3 Å². The molecule has 1 amide bonds. The first-order chi connectivity index (χ1) is 9.20. The van der Waals surface area contributed by atoms with E-state index in [-0.39, 0.29) is 5.91 Å². The minimum Gasteiger partial charge on any atom is -0.379 e. The molecule has 19 heavy (non-hydrogen) atoms. The Hall–Kier alpha value is -1.84. The van der Waals surface area contributed by atoms with Gasteiger partial charge in [0.1, 0.15) is 11.8 Å². The zero-order chi connectivity index (χ0) is 13.7. The number of amides is 1. The summed E-state index contributed by atoms with van der Waals surface area (Å²) >= 11 is 0. The van der Waals surface area contributed by atoms with Crippen molar-refractivity contribution in [3.8, 4) is 6.07 Å². The number of carbonyl (C=O) groups is 1. The average molecular weight is 262 g/mol. The summed E-state index contributed by atoms with van der Waals surface area (Å²) in [6.45, 7) is 4.78. The Kier molecular flexibility index (Phi) is 4.55. The van der Waals surface area contributed by atoms with Gasteiger partial charge in [0, 0.05) is 39.4 Å². The average Bonchev–Trinajstić information content (AvgIpc) is 2.81. The Labute approximate surface area is 112 Å². The summed E-state index contributed by atoms with van der Waals surface area (Å²) in [5.41, 5.74) is 1.01. The van der Waals surface area contributed by atoms with E-state index in [4.69, 9.17) is 10.00 Å². The molecule has 1 N–H and O–H groups in total. The van der Waals surface area contributed by atoms with Gasteiger partial charge in [-0.1, -0.05) is 0 Å². The largest absolute Gasteiger partial charge is 0.379 e. The van der Waals surface area contributed by atoms with Crippen LogP contribution in [0.3, 0.4) is 0 Å². The highest BCUT2D eigenvalue weighted by Gasteiger charge is 2.13. The van der Waals surface area contributed by atoms with Gasteiger partial charge in [-0.3, -0.25) is 9.69 Å². The Bertz CT molecular complexity index is 483. The third-order valence-corrected chi connectivity index (χ3v) is 3.18. The highest BCUT2D eigenvalue weighted by Crippen LogP contribution is 2.05. The standard InChI is InChI=1S/C13H18N4O2/c1-16-10-11(9-14)8-12(16)13(18)15-2-3-17-4-6-19-7-5-17/h8,10H,2-7H2,1H3,(H,15,18). The van der Waals surface area contributed by atoms with Crippen LogP contribution in [0.4, 0.5) is 0 Å². The van der Waals surface area contributed by atoms with Gasteiger partial charge in [0.2, 0.25) is 0 Å². The van der Waals surface area contributed by atoms with Crippen LogP contribution in [0.1, 0.15) is 16.1 Å². The zero-order valence-electron chi connectivity index (χ0n) is 11.1. The van der Waals surface area contributed by atoms with Gasteiger partial charge in [-0.15, -0.1) is 0 Å². The fourth-order valence-electron chi connectivity index (χ4n) is 2.09. The van der Waals surface area contributed by atoms with Gasteiger partial charge >= 0.3 is 0 Å². The lowest BCUT2D eigenvalue weighted by Gasteiger charge is -2.26. The molecule has 0 spiro atoms. The predicted molar refractivity (Wildman–Crippen MR) is 69.7 cm³/mol. The summed E-state index contributed by atoms with van der Waals surface area (Å²) in [4.78, 5) is 14.2. The second-order valence-electron chi connectivity index (χ2n) is 4.55. The van der Waals surface area contributed by atoms with Crippen molar-refractivity contribution in [2.45, 2.75) is 0 Å². The maximum absolute atomic E-state index is 12.0. The van der Waals surface area contributed by atoms with Gasteiger partial charge in [0.25, 0.3) is 5.91 Å². The smallest absolute Gasteiger partial charge is 0.267 e. The number of ether oxygens (including phenoxy) is 1. The lowest BCUT2D eigenvalue weighted by Crippen LogP contribution is -2.41. The van der Waals surface area contributed by atoms with Crippen LogP contribution in [-0.4, -0.2) is 54.8 Å². The van der Waals surface area contributed by atoms with Gasteiger partial charge in [0.05, 0.1) is 18.8 Å². The van der Waals surface area contributed by atoms with E-state index in [0.29, 0.717) is 17.8 Å². The molecule has 1 aromatic rings. The van der Waals surface area contributed by atoms with Crippen LogP contribution >= 0.6 is 0 Å². The number of morpholine rings is 1. The minimum absolute atomic E-state index is 0.141. The maximum atomic E-state index is 12.0. The monoisotopic (exact) mass is 262 g/mol. The maximum Gasteiger partial charge on any atom is 0.267 e. The lowest BCUT2D eigenvalue weighted by molar-refractivity contribution is 0.0383. The fourth-order valence-corrected chi connectivity index (χ4v) is 2.09. The first-order valence-electron chi connectivity index (χ1n) is 6.35. The molecular weight excluding hydrogens is 244 g/mol. The quantitative estimate of drug-likeness (QED) is 0.826. The van der Waals surface area contributed by atoms with Gasteiger partial charge in [-0.25, -0.2) is 0 Å². The molecule has 1 aliphatic rings. The van der Waals surface area contributed by atoms with Crippen LogP contribution < -0.4 is 5.32 Å². The van der Waals surface area contributed by atoms with Gasteiger partial charge in [0.15, 0.2) is 0 Å². The van der Waals surface area contributed by atoms with Crippen LogP contribution in [0, 0.1) is 11.3 Å². The van der Waals surface area contributed by atoms with Crippen LogP contribution in [0.25, 0.3) is 0 Å². The summed E-state index contributed by atoms with van der Waals surface area (Å²) in [5, 5.41) is 11.7. The molecule has 0 aromatic carbocycles. The highest BCUT2D eigenvalue weighted by molar-refractivity contribution is 5.93. The molecule has 1 fully saturated rings. The molecular formula is C13H18N4O2. The molecule has 0 radical (unpaired) electrons. The van der Waals surface area contributed by atoms with E-state index in [2.05, 4.69) is 10.2 Å². The van der Waals surface area contributed by atoms with Crippen LogP contribution in [0.5, 0.6) is 0 Å². The summed E-state index contributed by atoms with van der Waals surface area (Å²) in [6, 6.07) is 3.63. The number of hydrogen-bond donors (Lipinski definition) is 1. The van der Waals surface area contributed by atoms with Gasteiger partial charge in [-0.05, 0) is 6.07 Å². The Morgan fingerprint density at radius 1 is 1.53 bits per heavy atom. The topological polar surface area (TPSA) is 70.3 Å². The second kappa shape index (κ2) is 6.36. The van der Waals surface area contributed by atoms with Gasteiger partial charge < -0.3 is 14.6 Å². The number of nitriles is 1. The number of rotatable bonds is 4. The molecule has 6 nitrogen and oxygen atoms in total. The number of aromatic nitrogens is 1. The summed E-state index contributed by atoms with van der Waals surface area (Å²) < 4.78 is 6.93. The minimum atomic E-state index is -0.141. The number of hydrogen-bond acceptors (Lipinski definition) is 4. The molecule has 1 saturated heterocycles. The van der Waals surface area contributed by atoms with Crippen molar-refractivity contribution in [1.29, 1.82) is 5.26 Å². The lowest BCUT2D eigenvalue weighted by atomic mass is 10.3. The van der Waals surface area contributed by atoms with E-state index in [1.54, 1.807) is 23.9 Å². The van der Waals surface area contributed by atoms with E-state index in [1.165, 1.54) is 0 Å². The zero-order valence-corrected chi connectivity index (χ0v) is 11.1. The van der Waals surface area contributed by atoms with Crippen molar-refractivity contribution in [2.75, 3.05) is 39.4 Å². The molecule has 0 aliphatic carbocycles. The van der Waals surface area contributed by atoms with E-state index < -0.39 is 0 Å². The van der Waals surface area contributed by atoms with E-state index >= 15 is 0 Å². The summed E-state index contributed by atoms with van der Waals surface area (Å²) in [7, 11) is 1.76. The molecule has 0 bridgehead atoms. The molecule has 2 heterocycles. The first-order valence-corrected chi connectivity index (χ1v) is 6.35. The van der Waals surface area contributed by atoms with E-state index in [9.17, 15) is 4.79 Å². The molecule has 1 aromatic heterocycles. The Balaban J connectivity index is 1.80. The van der Waals surface area contributed by atoms with Crippen molar-refractivity contribution in [1.82, 2.24) is 14.8 Å². The Morgan fingerprint density at radius 3 is 2.89 bits per heavy atom. The van der Waals surface area contributed by atoms with Crippen molar-refractivity contribution < 1.29 is 9.53 Å². The molecule has 0 saturated carbocycles. The second-order valence-corrected chi connectivity index (χ2v) is 4.55. The number of nitrogens with one attached hydrogen (secondary N) is 1. The Morgan fingerprint density at radius 2 is 2.26 bits per heavy atom. The van der Waals surface area contributed by atoms with Crippen LogP contribution in [-0.2, 0) is 11.8 Å². The molecule has 102 valence electrons. The van der Waals surface area contributed by atoms with Crippen molar-refractivity contribution in [2.24, 2.45) is 7.05 Å².